The molecule has 0 aromatic heterocycles. The lowest BCUT2D eigenvalue weighted by Gasteiger charge is -2.27. The minimum Gasteiger partial charge on any atom is -0.497 e. The molecule has 1 amide bonds. The molecule has 1 aliphatic rings. The van der Waals surface area contributed by atoms with Crippen molar-refractivity contribution in [3.63, 3.8) is 0 Å². The number of nitrogens with zero attached hydrogens (tertiary/aromatic N) is 1. The van der Waals surface area contributed by atoms with E-state index < -0.39 is 5.82 Å². The van der Waals surface area contributed by atoms with Gasteiger partial charge in [0, 0.05) is 19.2 Å². The second-order valence-corrected chi connectivity index (χ2v) is 5.10. The molecule has 1 atom stereocenters. The van der Waals surface area contributed by atoms with Crippen molar-refractivity contribution in [3.8, 4) is 5.75 Å². The van der Waals surface area contributed by atoms with Gasteiger partial charge in [0.1, 0.15) is 11.6 Å². The smallest absolute Gasteiger partial charge is 0.256 e. The van der Waals surface area contributed by atoms with Crippen LogP contribution >= 0.6 is 0 Å². The molecule has 2 rings (SSSR count). The quantitative estimate of drug-likeness (QED) is 0.921. The van der Waals surface area contributed by atoms with Crippen LogP contribution in [0.2, 0.25) is 0 Å². The third kappa shape index (κ3) is 3.28. The molecular weight excluding hydrogens is 259 g/mol. The van der Waals surface area contributed by atoms with Crippen molar-refractivity contribution in [1.29, 1.82) is 0 Å². The minimum atomic E-state index is -0.534. The molecular formula is C15H21FN2O2. The Bertz CT molecular complexity index is 471. The Labute approximate surface area is 118 Å². The fraction of sp³-hybridized carbons (Fsp3) is 0.533. The summed E-state index contributed by atoms with van der Waals surface area (Å²) in [4.78, 5) is 14.1. The van der Waals surface area contributed by atoms with E-state index in [0.29, 0.717) is 5.75 Å². The maximum absolute atomic E-state index is 14.0. The first-order valence-corrected chi connectivity index (χ1v) is 6.95. The number of amides is 1. The van der Waals surface area contributed by atoms with Crippen molar-refractivity contribution >= 4 is 5.91 Å². The van der Waals surface area contributed by atoms with Crippen LogP contribution in [0.4, 0.5) is 4.39 Å². The van der Waals surface area contributed by atoms with Gasteiger partial charge in [-0.05, 0) is 44.5 Å². The number of nitrogens with one attached hydrogen (secondary N) is 1. The lowest BCUT2D eigenvalue weighted by Crippen LogP contribution is -2.38. The van der Waals surface area contributed by atoms with E-state index in [1.807, 2.05) is 0 Å². The number of carbonyl (C=O) groups is 1. The molecule has 1 aromatic rings. The van der Waals surface area contributed by atoms with E-state index in [1.165, 1.54) is 19.2 Å². The van der Waals surface area contributed by atoms with E-state index in [0.717, 1.165) is 32.4 Å². The van der Waals surface area contributed by atoms with Crippen molar-refractivity contribution in [3.05, 3.63) is 29.6 Å². The molecule has 110 valence electrons. The van der Waals surface area contributed by atoms with Crippen molar-refractivity contribution in [1.82, 2.24) is 10.2 Å². The van der Waals surface area contributed by atoms with Crippen LogP contribution in [0.3, 0.4) is 0 Å². The van der Waals surface area contributed by atoms with Crippen molar-refractivity contribution < 1.29 is 13.9 Å². The molecule has 5 heteroatoms. The number of carbonyl (C=O) groups excluding carboxylic acids is 1. The largest absolute Gasteiger partial charge is 0.497 e. The Morgan fingerprint density at radius 1 is 1.40 bits per heavy atom. The fourth-order valence-electron chi connectivity index (χ4n) is 2.54. The van der Waals surface area contributed by atoms with Gasteiger partial charge >= 0.3 is 0 Å². The average molecular weight is 280 g/mol. The van der Waals surface area contributed by atoms with Crippen LogP contribution in [0.5, 0.6) is 5.75 Å². The van der Waals surface area contributed by atoms with Crippen LogP contribution in [0.25, 0.3) is 0 Å². The summed E-state index contributed by atoms with van der Waals surface area (Å²) >= 11 is 0. The number of benzene rings is 1. The van der Waals surface area contributed by atoms with Gasteiger partial charge < -0.3 is 15.0 Å². The van der Waals surface area contributed by atoms with Gasteiger partial charge in [-0.15, -0.1) is 0 Å². The van der Waals surface area contributed by atoms with Gasteiger partial charge in [0.15, 0.2) is 0 Å². The van der Waals surface area contributed by atoms with Crippen molar-refractivity contribution in [2.45, 2.75) is 25.3 Å². The lowest BCUT2D eigenvalue weighted by atomic mass is 10.1. The Kier molecular flexibility index (Phi) is 4.95. The molecule has 0 aliphatic carbocycles. The summed E-state index contributed by atoms with van der Waals surface area (Å²) in [6.07, 6.45) is 2.89. The Balaban J connectivity index is 2.13. The van der Waals surface area contributed by atoms with Crippen molar-refractivity contribution in [2.75, 3.05) is 27.2 Å². The molecule has 1 fully saturated rings. The first-order chi connectivity index (χ1) is 9.63. The lowest BCUT2D eigenvalue weighted by molar-refractivity contribution is 0.0715. The molecule has 20 heavy (non-hydrogen) atoms. The van der Waals surface area contributed by atoms with Gasteiger partial charge in [0.2, 0.25) is 0 Å². The summed E-state index contributed by atoms with van der Waals surface area (Å²) in [6, 6.07) is 4.51. The molecule has 1 N–H and O–H groups in total. The molecule has 0 saturated carbocycles. The van der Waals surface area contributed by atoms with Crippen LogP contribution in [0, 0.1) is 5.82 Å². The van der Waals surface area contributed by atoms with Gasteiger partial charge in [0.05, 0.1) is 12.7 Å². The van der Waals surface area contributed by atoms with E-state index in [4.69, 9.17) is 4.74 Å². The predicted molar refractivity (Wildman–Crippen MR) is 75.6 cm³/mol. The number of halogens is 1. The van der Waals surface area contributed by atoms with Crippen LogP contribution in [-0.4, -0.2) is 44.1 Å². The minimum absolute atomic E-state index is 0.102. The monoisotopic (exact) mass is 280 g/mol. The first kappa shape index (κ1) is 14.8. The zero-order valence-corrected chi connectivity index (χ0v) is 12.0. The maximum Gasteiger partial charge on any atom is 0.256 e. The maximum atomic E-state index is 14.0. The summed E-state index contributed by atoms with van der Waals surface area (Å²) in [7, 11) is 3.23. The number of ether oxygens (including phenoxy) is 1. The van der Waals surface area contributed by atoms with E-state index >= 15 is 0 Å². The van der Waals surface area contributed by atoms with Crippen LogP contribution in [-0.2, 0) is 0 Å². The molecule has 1 aliphatic heterocycles. The van der Waals surface area contributed by atoms with Gasteiger partial charge in [-0.1, -0.05) is 0 Å². The zero-order chi connectivity index (χ0) is 14.5. The molecule has 1 aromatic carbocycles. The Morgan fingerprint density at radius 2 is 2.20 bits per heavy atom. The summed E-state index contributed by atoms with van der Waals surface area (Å²) < 4.78 is 18.9. The van der Waals surface area contributed by atoms with Crippen molar-refractivity contribution in [2.24, 2.45) is 0 Å². The highest BCUT2D eigenvalue weighted by Gasteiger charge is 2.24. The molecule has 0 bridgehead atoms. The average Bonchev–Trinajstić information content (AvgIpc) is 2.74. The molecule has 0 radical (unpaired) electrons. The van der Waals surface area contributed by atoms with E-state index in [-0.39, 0.29) is 17.5 Å². The fourth-order valence-corrected chi connectivity index (χ4v) is 2.54. The molecule has 0 spiro atoms. The highest BCUT2D eigenvalue weighted by molar-refractivity contribution is 5.94. The highest BCUT2D eigenvalue weighted by atomic mass is 19.1. The second kappa shape index (κ2) is 6.70. The highest BCUT2D eigenvalue weighted by Crippen LogP contribution is 2.20. The van der Waals surface area contributed by atoms with Crippen LogP contribution < -0.4 is 10.1 Å². The molecule has 4 nitrogen and oxygen atoms in total. The normalized spacial score (nSPS) is 19.2. The van der Waals surface area contributed by atoms with Gasteiger partial charge in [-0.2, -0.15) is 0 Å². The third-order valence-electron chi connectivity index (χ3n) is 3.82. The van der Waals surface area contributed by atoms with Gasteiger partial charge in [0.25, 0.3) is 5.91 Å². The standard InChI is InChI=1S/C15H21FN2O2/c1-18(11-4-3-8-17-9-7-11)15(19)13-6-5-12(20-2)10-14(13)16/h5-6,10-11,17H,3-4,7-9H2,1-2H3. The second-order valence-electron chi connectivity index (χ2n) is 5.10. The summed E-state index contributed by atoms with van der Waals surface area (Å²) in [5.41, 5.74) is 0.102. The zero-order valence-electron chi connectivity index (χ0n) is 12.0. The van der Waals surface area contributed by atoms with E-state index in [1.54, 1.807) is 18.0 Å². The molecule has 1 saturated heterocycles. The Hall–Kier alpha value is -1.62. The molecule has 1 heterocycles. The van der Waals surface area contributed by atoms with E-state index in [9.17, 15) is 9.18 Å². The summed E-state index contributed by atoms with van der Waals surface area (Å²) in [6.45, 7) is 1.88. The third-order valence-corrected chi connectivity index (χ3v) is 3.82. The van der Waals surface area contributed by atoms with Gasteiger partial charge in [-0.3, -0.25) is 4.79 Å². The van der Waals surface area contributed by atoms with Gasteiger partial charge in [-0.25, -0.2) is 4.39 Å². The summed E-state index contributed by atoms with van der Waals surface area (Å²) in [5, 5.41) is 3.31. The number of methoxy groups -OCH3 is 1. The van der Waals surface area contributed by atoms with Crippen LogP contribution in [0.1, 0.15) is 29.6 Å². The first-order valence-electron chi connectivity index (χ1n) is 6.95. The topological polar surface area (TPSA) is 41.6 Å². The molecule has 1 unspecified atom stereocenters. The number of hydrogen-bond acceptors (Lipinski definition) is 3. The SMILES string of the molecule is COc1ccc(C(=O)N(C)C2CCCNCC2)c(F)c1. The summed E-state index contributed by atoms with van der Waals surface area (Å²) in [5.74, 6) is -0.384. The predicted octanol–water partition coefficient (Wildman–Crippen LogP) is 2.05. The number of rotatable bonds is 3. The van der Waals surface area contributed by atoms with Crippen LogP contribution in [0.15, 0.2) is 18.2 Å². The van der Waals surface area contributed by atoms with E-state index in [2.05, 4.69) is 5.32 Å². The Morgan fingerprint density at radius 3 is 2.90 bits per heavy atom. The number of hydrogen-bond donors (Lipinski definition) is 1.